The quantitative estimate of drug-likeness (QED) is 0.246. The van der Waals surface area contributed by atoms with Crippen LogP contribution in [0, 0.1) is 5.82 Å². The number of pyridine rings is 2. The number of rotatable bonds is 7. The number of aromatic amines is 2. The maximum atomic E-state index is 16.0. The molecule has 10 heteroatoms. The monoisotopic (exact) mass is 495 g/mol. The third-order valence-electron chi connectivity index (χ3n) is 6.17. The molecule has 37 heavy (non-hydrogen) atoms. The Hall–Kier alpha value is -4.86. The van der Waals surface area contributed by atoms with Crippen molar-refractivity contribution in [3.8, 4) is 33.9 Å². The zero-order chi connectivity index (χ0) is 25.4. The molecule has 0 aliphatic rings. The van der Waals surface area contributed by atoms with E-state index < -0.39 is 5.82 Å². The average molecular weight is 496 g/mol. The van der Waals surface area contributed by atoms with Crippen molar-refractivity contribution < 1.29 is 13.6 Å². The number of benzene rings is 1. The highest BCUT2D eigenvalue weighted by Crippen LogP contribution is 2.34. The first-order valence-corrected chi connectivity index (χ1v) is 11.9. The van der Waals surface area contributed by atoms with E-state index in [1.165, 1.54) is 18.6 Å². The Balaban J connectivity index is 1.41. The summed E-state index contributed by atoms with van der Waals surface area (Å²) in [4.78, 5) is 28.6. The van der Waals surface area contributed by atoms with Gasteiger partial charge in [0, 0.05) is 29.3 Å². The Morgan fingerprint density at radius 3 is 2.86 bits per heavy atom. The molecule has 6 aromatic rings. The SMILES string of the molecule is CCCCC(=O)Nc1cncc(-c2ncc3[nH]nc(-c4nc5c(-c6ccoc6)cccc5[nH]4)c3c2F)c1. The van der Waals surface area contributed by atoms with Gasteiger partial charge in [-0.05, 0) is 24.6 Å². The molecule has 0 spiro atoms. The smallest absolute Gasteiger partial charge is 0.224 e. The average Bonchev–Trinajstić information content (AvgIpc) is 3.67. The van der Waals surface area contributed by atoms with E-state index in [0.717, 1.165) is 35.0 Å². The van der Waals surface area contributed by atoms with Crippen molar-refractivity contribution in [3.05, 3.63) is 67.3 Å². The molecule has 6 rings (SSSR count). The molecule has 0 saturated heterocycles. The Morgan fingerprint density at radius 1 is 1.11 bits per heavy atom. The number of aromatic nitrogens is 6. The topological polar surface area (TPSA) is 125 Å². The van der Waals surface area contributed by atoms with Crippen molar-refractivity contribution in [1.29, 1.82) is 0 Å². The van der Waals surface area contributed by atoms with Gasteiger partial charge in [0.25, 0.3) is 0 Å². The van der Waals surface area contributed by atoms with Crippen molar-refractivity contribution in [1.82, 2.24) is 30.1 Å². The number of H-pyrrole nitrogens is 2. The van der Waals surface area contributed by atoms with E-state index in [-0.39, 0.29) is 17.0 Å². The molecule has 184 valence electrons. The van der Waals surface area contributed by atoms with Crippen LogP contribution in [0.4, 0.5) is 10.1 Å². The van der Waals surface area contributed by atoms with E-state index in [1.807, 2.05) is 31.2 Å². The first-order valence-electron chi connectivity index (χ1n) is 11.9. The first kappa shape index (κ1) is 22.6. The molecule has 5 aromatic heterocycles. The van der Waals surface area contributed by atoms with Gasteiger partial charge in [0.1, 0.15) is 11.4 Å². The van der Waals surface area contributed by atoms with Gasteiger partial charge < -0.3 is 14.7 Å². The zero-order valence-corrected chi connectivity index (χ0v) is 19.9. The van der Waals surface area contributed by atoms with Crippen LogP contribution in [0.25, 0.3) is 55.8 Å². The third-order valence-corrected chi connectivity index (χ3v) is 6.17. The summed E-state index contributed by atoms with van der Waals surface area (Å²) in [7, 11) is 0. The molecule has 1 aromatic carbocycles. The van der Waals surface area contributed by atoms with E-state index >= 15 is 4.39 Å². The molecular formula is C27H22FN7O2. The molecule has 0 saturated carbocycles. The van der Waals surface area contributed by atoms with Crippen LogP contribution in [0.2, 0.25) is 0 Å². The number of imidazole rings is 1. The predicted molar refractivity (Wildman–Crippen MR) is 138 cm³/mol. The molecule has 1 amide bonds. The highest BCUT2D eigenvalue weighted by Gasteiger charge is 2.21. The summed E-state index contributed by atoms with van der Waals surface area (Å²) in [5.74, 6) is -0.252. The summed E-state index contributed by atoms with van der Waals surface area (Å²) in [6, 6.07) is 9.29. The molecule has 3 N–H and O–H groups in total. The normalized spacial score (nSPS) is 11.4. The summed E-state index contributed by atoms with van der Waals surface area (Å²) in [6.07, 6.45) is 9.94. The number of para-hydroxylation sites is 1. The van der Waals surface area contributed by atoms with Crippen LogP contribution >= 0.6 is 0 Å². The van der Waals surface area contributed by atoms with Crippen LogP contribution in [0.1, 0.15) is 26.2 Å². The molecule has 0 radical (unpaired) electrons. The van der Waals surface area contributed by atoms with Crippen molar-refractivity contribution in [2.24, 2.45) is 0 Å². The number of unbranched alkanes of at least 4 members (excludes halogenated alkanes) is 1. The van der Waals surface area contributed by atoms with Gasteiger partial charge in [-0.15, -0.1) is 0 Å². The second kappa shape index (κ2) is 9.30. The standard InChI is InChI=1S/C27H22FN7O2/c1-2-3-7-21(36)31-17-10-16(11-29-12-17)24-23(28)22-20(13-30-24)34-35-26(22)27-32-19-6-4-5-18(25(19)33-27)15-8-9-37-14-15/h4-6,8-14H,2-3,7H2,1H3,(H,31,36)(H,32,33)(H,34,35). The van der Waals surface area contributed by atoms with E-state index in [2.05, 4.69) is 30.5 Å². The lowest BCUT2D eigenvalue weighted by atomic mass is 10.1. The Labute approximate surface area is 210 Å². The van der Waals surface area contributed by atoms with Crippen molar-refractivity contribution >= 4 is 33.5 Å². The van der Waals surface area contributed by atoms with Gasteiger partial charge in [-0.25, -0.2) is 9.37 Å². The molecule has 0 aliphatic heterocycles. The van der Waals surface area contributed by atoms with Crippen LogP contribution in [-0.2, 0) is 4.79 Å². The molecular weight excluding hydrogens is 473 g/mol. The number of halogens is 1. The van der Waals surface area contributed by atoms with Crippen LogP contribution in [-0.4, -0.2) is 36.0 Å². The van der Waals surface area contributed by atoms with Crippen LogP contribution in [0.3, 0.4) is 0 Å². The lowest BCUT2D eigenvalue weighted by Crippen LogP contribution is -2.11. The minimum atomic E-state index is -0.562. The second-order valence-electron chi connectivity index (χ2n) is 8.69. The fourth-order valence-electron chi connectivity index (χ4n) is 4.34. The number of hydrogen-bond donors (Lipinski definition) is 3. The minimum Gasteiger partial charge on any atom is -0.472 e. The number of carbonyl (C=O) groups is 1. The van der Waals surface area contributed by atoms with Gasteiger partial charge in [0.05, 0.1) is 52.5 Å². The fourth-order valence-corrected chi connectivity index (χ4v) is 4.34. The number of amides is 1. The summed E-state index contributed by atoms with van der Waals surface area (Å²) in [5.41, 5.74) is 5.08. The van der Waals surface area contributed by atoms with Gasteiger partial charge in [-0.2, -0.15) is 5.10 Å². The summed E-state index contributed by atoms with van der Waals surface area (Å²) < 4.78 is 21.2. The molecule has 0 bridgehead atoms. The van der Waals surface area contributed by atoms with Crippen LogP contribution in [0.5, 0.6) is 0 Å². The van der Waals surface area contributed by atoms with Gasteiger partial charge in [-0.3, -0.25) is 19.9 Å². The number of furan rings is 1. The largest absolute Gasteiger partial charge is 0.472 e. The summed E-state index contributed by atoms with van der Waals surface area (Å²) >= 11 is 0. The lowest BCUT2D eigenvalue weighted by Gasteiger charge is -2.08. The van der Waals surface area contributed by atoms with Crippen molar-refractivity contribution in [2.75, 3.05) is 5.32 Å². The van der Waals surface area contributed by atoms with Crippen molar-refractivity contribution in [3.63, 3.8) is 0 Å². The maximum absolute atomic E-state index is 16.0. The maximum Gasteiger partial charge on any atom is 0.224 e. The Kier molecular flexibility index (Phi) is 5.68. The lowest BCUT2D eigenvalue weighted by molar-refractivity contribution is -0.116. The van der Waals surface area contributed by atoms with Gasteiger partial charge in [0.15, 0.2) is 11.6 Å². The van der Waals surface area contributed by atoms with Gasteiger partial charge >= 0.3 is 0 Å². The number of fused-ring (bicyclic) bond motifs is 2. The molecule has 9 nitrogen and oxygen atoms in total. The van der Waals surface area contributed by atoms with Crippen molar-refractivity contribution in [2.45, 2.75) is 26.2 Å². The number of anilines is 1. The number of carbonyl (C=O) groups excluding carboxylic acids is 1. The molecule has 0 unspecified atom stereocenters. The number of hydrogen-bond acceptors (Lipinski definition) is 6. The van der Waals surface area contributed by atoms with Gasteiger partial charge in [-0.1, -0.05) is 25.5 Å². The third kappa shape index (κ3) is 4.12. The molecule has 0 atom stereocenters. The Morgan fingerprint density at radius 2 is 2.03 bits per heavy atom. The van der Waals surface area contributed by atoms with E-state index in [0.29, 0.717) is 34.7 Å². The van der Waals surface area contributed by atoms with Gasteiger partial charge in [0.2, 0.25) is 5.91 Å². The van der Waals surface area contributed by atoms with Crippen LogP contribution < -0.4 is 5.32 Å². The fraction of sp³-hybridized carbons (Fsp3) is 0.148. The predicted octanol–water partition coefficient (Wildman–Crippen LogP) is 6.09. The zero-order valence-electron chi connectivity index (χ0n) is 19.9. The molecule has 0 aliphatic carbocycles. The van der Waals surface area contributed by atoms with E-state index in [9.17, 15) is 4.79 Å². The number of nitrogens with zero attached hydrogens (tertiary/aromatic N) is 4. The van der Waals surface area contributed by atoms with E-state index in [4.69, 9.17) is 9.40 Å². The molecule has 0 fully saturated rings. The first-order chi connectivity index (χ1) is 18.1. The summed E-state index contributed by atoms with van der Waals surface area (Å²) in [6.45, 7) is 2.02. The number of nitrogens with one attached hydrogen (secondary N) is 3. The highest BCUT2D eigenvalue weighted by molar-refractivity contribution is 5.98. The minimum absolute atomic E-state index is 0.0995. The van der Waals surface area contributed by atoms with E-state index in [1.54, 1.807) is 18.6 Å². The highest BCUT2D eigenvalue weighted by atomic mass is 19.1. The summed E-state index contributed by atoms with van der Waals surface area (Å²) in [5, 5.41) is 10.3. The second-order valence-corrected chi connectivity index (χ2v) is 8.69. The Bertz CT molecular complexity index is 1740. The van der Waals surface area contributed by atoms with Crippen LogP contribution in [0.15, 0.2) is 65.9 Å². The molecule has 5 heterocycles.